The van der Waals surface area contributed by atoms with E-state index in [1.165, 1.54) is 32.1 Å². The first kappa shape index (κ1) is 22.0. The predicted octanol–water partition coefficient (Wildman–Crippen LogP) is 5.07. The Hall–Kier alpha value is -2.27. The monoisotopic (exact) mass is 383 g/mol. The van der Waals surface area contributed by atoms with Gasteiger partial charge in [0.25, 0.3) is 0 Å². The third kappa shape index (κ3) is 10.2. The Kier molecular flexibility index (Phi) is 10.9. The van der Waals surface area contributed by atoms with Gasteiger partial charge in [-0.25, -0.2) is 0 Å². The molecule has 0 amide bonds. The van der Waals surface area contributed by atoms with Crippen molar-refractivity contribution < 1.29 is 9.90 Å². The van der Waals surface area contributed by atoms with Crippen LogP contribution in [0.4, 0.5) is 0 Å². The SMILES string of the molecule is O=C(O)CCCCCCCCCCN(Cc1ccccn1)Cc1ccccn1. The number of hydrogen-bond acceptors (Lipinski definition) is 4. The molecule has 0 saturated carbocycles. The molecule has 2 rings (SSSR count). The first-order valence-corrected chi connectivity index (χ1v) is 10.5. The summed E-state index contributed by atoms with van der Waals surface area (Å²) in [5.74, 6) is -0.680. The highest BCUT2D eigenvalue weighted by Gasteiger charge is 2.08. The summed E-state index contributed by atoms with van der Waals surface area (Å²) >= 11 is 0. The van der Waals surface area contributed by atoms with Crippen molar-refractivity contribution >= 4 is 5.97 Å². The number of aliphatic carboxylic acids is 1. The summed E-state index contributed by atoms with van der Waals surface area (Å²) in [5, 5.41) is 8.63. The van der Waals surface area contributed by atoms with Crippen LogP contribution in [0.25, 0.3) is 0 Å². The maximum atomic E-state index is 10.5. The van der Waals surface area contributed by atoms with Crippen LogP contribution in [-0.2, 0) is 17.9 Å². The molecule has 2 aromatic heterocycles. The van der Waals surface area contributed by atoms with E-state index in [0.717, 1.165) is 50.3 Å². The molecule has 0 aliphatic heterocycles. The van der Waals surface area contributed by atoms with Crippen molar-refractivity contribution in [3.05, 3.63) is 60.2 Å². The molecule has 5 nitrogen and oxygen atoms in total. The molecule has 0 saturated heterocycles. The van der Waals surface area contributed by atoms with Crippen molar-refractivity contribution in [1.29, 1.82) is 0 Å². The van der Waals surface area contributed by atoms with Crippen LogP contribution in [0.3, 0.4) is 0 Å². The van der Waals surface area contributed by atoms with Gasteiger partial charge in [0.2, 0.25) is 0 Å². The number of rotatable bonds is 15. The molecule has 0 fully saturated rings. The van der Waals surface area contributed by atoms with E-state index < -0.39 is 5.97 Å². The van der Waals surface area contributed by atoms with E-state index in [1.54, 1.807) is 0 Å². The van der Waals surface area contributed by atoms with Gasteiger partial charge in [0.05, 0.1) is 11.4 Å². The first-order valence-electron chi connectivity index (χ1n) is 10.5. The number of pyridine rings is 2. The van der Waals surface area contributed by atoms with Gasteiger partial charge in [-0.05, 0) is 43.7 Å². The molecule has 0 atom stereocenters. The van der Waals surface area contributed by atoms with Crippen molar-refractivity contribution in [3.8, 4) is 0 Å². The summed E-state index contributed by atoms with van der Waals surface area (Å²) in [7, 11) is 0. The van der Waals surface area contributed by atoms with Gasteiger partial charge in [-0.3, -0.25) is 19.7 Å². The van der Waals surface area contributed by atoms with E-state index in [2.05, 4.69) is 27.0 Å². The second kappa shape index (κ2) is 13.8. The smallest absolute Gasteiger partial charge is 0.303 e. The van der Waals surface area contributed by atoms with Crippen molar-refractivity contribution in [2.24, 2.45) is 0 Å². The Morgan fingerprint density at radius 2 is 1.25 bits per heavy atom. The fraction of sp³-hybridized carbons (Fsp3) is 0.522. The molecule has 5 heteroatoms. The highest BCUT2D eigenvalue weighted by atomic mass is 16.4. The second-order valence-corrected chi connectivity index (χ2v) is 7.32. The molecule has 0 spiro atoms. The number of nitrogens with zero attached hydrogens (tertiary/aromatic N) is 3. The minimum absolute atomic E-state index is 0.308. The molecule has 0 aliphatic rings. The molecule has 0 aromatic carbocycles. The van der Waals surface area contributed by atoms with Crippen molar-refractivity contribution in [2.75, 3.05) is 6.54 Å². The van der Waals surface area contributed by atoms with Crippen LogP contribution in [0.2, 0.25) is 0 Å². The zero-order valence-electron chi connectivity index (χ0n) is 16.8. The summed E-state index contributed by atoms with van der Waals surface area (Å²) in [6.45, 7) is 2.74. The summed E-state index contributed by atoms with van der Waals surface area (Å²) < 4.78 is 0. The average molecular weight is 384 g/mol. The minimum atomic E-state index is -0.680. The molecule has 152 valence electrons. The van der Waals surface area contributed by atoms with Gasteiger partial charge in [0.15, 0.2) is 0 Å². The van der Waals surface area contributed by atoms with Gasteiger partial charge in [-0.2, -0.15) is 0 Å². The predicted molar refractivity (Wildman–Crippen MR) is 112 cm³/mol. The first-order chi connectivity index (χ1) is 13.7. The second-order valence-electron chi connectivity index (χ2n) is 7.32. The summed E-state index contributed by atoms with van der Waals surface area (Å²) in [5.41, 5.74) is 2.19. The zero-order chi connectivity index (χ0) is 19.9. The van der Waals surface area contributed by atoms with Gasteiger partial charge in [-0.1, -0.05) is 50.7 Å². The maximum absolute atomic E-state index is 10.5. The Bertz CT molecular complexity index is 608. The lowest BCUT2D eigenvalue weighted by molar-refractivity contribution is -0.137. The lowest BCUT2D eigenvalue weighted by Crippen LogP contribution is -2.25. The summed E-state index contributed by atoms with van der Waals surface area (Å²) in [6, 6.07) is 12.1. The Morgan fingerprint density at radius 3 is 1.71 bits per heavy atom. The van der Waals surface area contributed by atoms with Crippen LogP contribution >= 0.6 is 0 Å². The van der Waals surface area contributed by atoms with Gasteiger partial charge in [0, 0.05) is 31.9 Å². The van der Waals surface area contributed by atoms with E-state index in [-0.39, 0.29) is 0 Å². The van der Waals surface area contributed by atoms with Gasteiger partial charge in [-0.15, -0.1) is 0 Å². The van der Waals surface area contributed by atoms with Crippen LogP contribution in [0.15, 0.2) is 48.8 Å². The molecule has 0 radical (unpaired) electrons. The topological polar surface area (TPSA) is 66.3 Å². The average Bonchev–Trinajstić information content (AvgIpc) is 2.70. The van der Waals surface area contributed by atoms with Crippen LogP contribution in [-0.4, -0.2) is 32.5 Å². The number of hydrogen-bond donors (Lipinski definition) is 1. The lowest BCUT2D eigenvalue weighted by Gasteiger charge is -2.21. The third-order valence-corrected chi connectivity index (χ3v) is 4.84. The van der Waals surface area contributed by atoms with Gasteiger partial charge < -0.3 is 5.11 Å². The summed E-state index contributed by atoms with van der Waals surface area (Å²) in [4.78, 5) is 21.8. The number of unbranched alkanes of at least 4 members (excludes halogenated alkanes) is 7. The fourth-order valence-corrected chi connectivity index (χ4v) is 3.33. The van der Waals surface area contributed by atoms with E-state index in [0.29, 0.717) is 6.42 Å². The fourth-order valence-electron chi connectivity index (χ4n) is 3.33. The van der Waals surface area contributed by atoms with Crippen molar-refractivity contribution in [2.45, 2.75) is 70.9 Å². The molecule has 0 bridgehead atoms. The normalized spacial score (nSPS) is 11.0. The number of aromatic nitrogens is 2. The highest BCUT2D eigenvalue weighted by molar-refractivity contribution is 5.66. The number of carboxylic acid groups (broad SMARTS) is 1. The molecule has 28 heavy (non-hydrogen) atoms. The number of carboxylic acids is 1. The van der Waals surface area contributed by atoms with Crippen LogP contribution in [0.1, 0.15) is 69.2 Å². The standard InChI is InChI=1S/C23H33N3O2/c27-23(28)15-7-5-3-1-2-4-6-12-18-26(19-21-13-8-10-16-24-21)20-22-14-9-11-17-25-22/h8-11,13-14,16-17H,1-7,12,15,18-20H2,(H,27,28). The highest BCUT2D eigenvalue weighted by Crippen LogP contribution is 2.12. The Labute approximate surface area is 168 Å². The van der Waals surface area contributed by atoms with Crippen molar-refractivity contribution in [3.63, 3.8) is 0 Å². The Balaban J connectivity index is 1.64. The lowest BCUT2D eigenvalue weighted by atomic mass is 10.1. The van der Waals surface area contributed by atoms with Gasteiger partial charge in [0.1, 0.15) is 0 Å². The van der Waals surface area contributed by atoms with E-state index in [1.807, 2.05) is 36.7 Å². The van der Waals surface area contributed by atoms with Gasteiger partial charge >= 0.3 is 5.97 Å². The van der Waals surface area contributed by atoms with E-state index in [4.69, 9.17) is 5.11 Å². The zero-order valence-corrected chi connectivity index (χ0v) is 16.8. The largest absolute Gasteiger partial charge is 0.481 e. The molecular weight excluding hydrogens is 350 g/mol. The summed E-state index contributed by atoms with van der Waals surface area (Å²) in [6.07, 6.45) is 13.1. The third-order valence-electron chi connectivity index (χ3n) is 4.84. The van der Waals surface area contributed by atoms with Crippen LogP contribution in [0.5, 0.6) is 0 Å². The minimum Gasteiger partial charge on any atom is -0.481 e. The molecule has 0 unspecified atom stereocenters. The van der Waals surface area contributed by atoms with Crippen LogP contribution < -0.4 is 0 Å². The molecule has 0 aliphatic carbocycles. The molecule has 1 N–H and O–H groups in total. The van der Waals surface area contributed by atoms with E-state index in [9.17, 15) is 4.79 Å². The van der Waals surface area contributed by atoms with E-state index >= 15 is 0 Å². The molecular formula is C23H33N3O2. The van der Waals surface area contributed by atoms with Crippen LogP contribution in [0, 0.1) is 0 Å². The Morgan fingerprint density at radius 1 is 0.750 bits per heavy atom. The molecule has 2 aromatic rings. The van der Waals surface area contributed by atoms with Crippen molar-refractivity contribution in [1.82, 2.24) is 14.9 Å². The molecule has 2 heterocycles. The maximum Gasteiger partial charge on any atom is 0.303 e. The number of carbonyl (C=O) groups is 1. The quantitative estimate of drug-likeness (QED) is 0.435.